The Balaban J connectivity index is 1.07. The molecule has 2 aromatic heterocycles. The predicted molar refractivity (Wildman–Crippen MR) is 265 cm³/mol. The van der Waals surface area contributed by atoms with E-state index in [0.717, 1.165) is 39.2 Å². The first-order chi connectivity index (χ1) is 31.1. The molecule has 0 bridgehead atoms. The summed E-state index contributed by atoms with van der Waals surface area (Å²) < 4.78 is 2.59. The van der Waals surface area contributed by atoms with Crippen molar-refractivity contribution >= 4 is 31.5 Å². The van der Waals surface area contributed by atoms with Crippen LogP contribution >= 0.6 is 11.3 Å². The van der Waals surface area contributed by atoms with Crippen LogP contribution in [0.1, 0.15) is 23.6 Å². The Bertz CT molecular complexity index is 3460. The maximum atomic E-state index is 5.33. The highest BCUT2D eigenvalue weighted by Crippen LogP contribution is 2.53. The van der Waals surface area contributed by atoms with E-state index >= 15 is 0 Å². The van der Waals surface area contributed by atoms with Crippen molar-refractivity contribution < 1.29 is 0 Å². The molecule has 0 aliphatic heterocycles. The van der Waals surface area contributed by atoms with Gasteiger partial charge in [-0.05, 0) is 117 Å². The van der Waals surface area contributed by atoms with Gasteiger partial charge in [-0.25, -0.2) is 9.97 Å². The second kappa shape index (κ2) is 15.0. The molecule has 11 aromatic rings. The Hall–Kier alpha value is -7.72. The van der Waals surface area contributed by atoms with Crippen molar-refractivity contribution in [1.82, 2.24) is 9.97 Å². The predicted octanol–water partition coefficient (Wildman–Crippen LogP) is 16.2. The summed E-state index contributed by atoms with van der Waals surface area (Å²) in [5, 5.41) is 2.57. The van der Waals surface area contributed by atoms with E-state index in [9.17, 15) is 0 Å². The van der Waals surface area contributed by atoms with Crippen LogP contribution in [0.15, 0.2) is 224 Å². The van der Waals surface area contributed by atoms with Gasteiger partial charge in [0.15, 0.2) is 5.82 Å². The van der Waals surface area contributed by atoms with E-state index in [1.807, 2.05) is 35.6 Å². The van der Waals surface area contributed by atoms with Gasteiger partial charge in [-0.15, -0.1) is 11.3 Å². The number of fused-ring (bicyclic) bond motifs is 6. The van der Waals surface area contributed by atoms with Crippen LogP contribution in [-0.2, 0) is 5.41 Å². The summed E-state index contributed by atoms with van der Waals surface area (Å²) in [6.07, 6.45) is 0. The molecule has 12 rings (SSSR count). The molecule has 3 heteroatoms. The summed E-state index contributed by atoms with van der Waals surface area (Å²) in [7, 11) is 0. The van der Waals surface area contributed by atoms with Crippen molar-refractivity contribution in [1.29, 1.82) is 0 Å². The second-order valence-electron chi connectivity index (χ2n) is 16.6. The zero-order valence-electron chi connectivity index (χ0n) is 34.7. The highest BCUT2D eigenvalue weighted by atomic mass is 32.1. The summed E-state index contributed by atoms with van der Waals surface area (Å²) in [4.78, 5) is 10.5. The van der Waals surface area contributed by atoms with Gasteiger partial charge in [-0.1, -0.05) is 176 Å². The first kappa shape index (κ1) is 37.1. The summed E-state index contributed by atoms with van der Waals surface area (Å²) >= 11 is 1.85. The molecule has 0 saturated carbocycles. The van der Waals surface area contributed by atoms with E-state index in [1.54, 1.807) is 0 Å². The molecule has 0 fully saturated rings. The first-order valence-electron chi connectivity index (χ1n) is 21.6. The van der Waals surface area contributed by atoms with Crippen molar-refractivity contribution in [3.05, 3.63) is 241 Å². The zero-order valence-corrected chi connectivity index (χ0v) is 35.5. The number of aromatic nitrogens is 2. The van der Waals surface area contributed by atoms with Crippen molar-refractivity contribution in [2.24, 2.45) is 0 Å². The van der Waals surface area contributed by atoms with Gasteiger partial charge in [0.2, 0.25) is 0 Å². The number of hydrogen-bond donors (Lipinski definition) is 0. The molecule has 0 amide bonds. The molecule has 9 aromatic carbocycles. The van der Waals surface area contributed by atoms with Crippen LogP contribution in [0.5, 0.6) is 0 Å². The second-order valence-corrected chi connectivity index (χ2v) is 17.7. The zero-order chi connectivity index (χ0) is 41.9. The molecule has 2 heterocycles. The third-order valence-electron chi connectivity index (χ3n) is 13.0. The van der Waals surface area contributed by atoms with Gasteiger partial charge in [-0.3, -0.25) is 0 Å². The van der Waals surface area contributed by atoms with Gasteiger partial charge >= 0.3 is 0 Å². The topological polar surface area (TPSA) is 25.8 Å². The number of benzene rings is 9. The summed E-state index contributed by atoms with van der Waals surface area (Å²) in [5.74, 6) is 0.700. The Morgan fingerprint density at radius 3 is 1.67 bits per heavy atom. The number of hydrogen-bond acceptors (Lipinski definition) is 3. The van der Waals surface area contributed by atoms with Crippen LogP contribution in [-0.4, -0.2) is 9.97 Å². The minimum atomic E-state index is -0.296. The number of rotatable bonds is 7. The normalized spacial score (nSPS) is 14.2. The molecular formula is C60H40N2S. The monoisotopic (exact) mass is 820 g/mol. The maximum absolute atomic E-state index is 5.33. The van der Waals surface area contributed by atoms with Crippen molar-refractivity contribution in [3.8, 4) is 78.4 Å². The summed E-state index contributed by atoms with van der Waals surface area (Å²) in [6, 6.07) is 81.4. The molecule has 0 radical (unpaired) electrons. The van der Waals surface area contributed by atoms with E-state index in [-0.39, 0.29) is 5.41 Å². The lowest BCUT2D eigenvalue weighted by Crippen LogP contribution is -2.22. The fourth-order valence-electron chi connectivity index (χ4n) is 9.80. The van der Waals surface area contributed by atoms with Gasteiger partial charge < -0.3 is 0 Å². The van der Waals surface area contributed by atoms with Gasteiger partial charge in [-0.2, -0.15) is 0 Å². The molecule has 0 N–H and O–H groups in total. The lowest BCUT2D eigenvalue weighted by atomic mass is 9.74. The van der Waals surface area contributed by atoms with Crippen LogP contribution in [0.4, 0.5) is 0 Å². The lowest BCUT2D eigenvalue weighted by Gasteiger charge is -2.28. The highest BCUT2D eigenvalue weighted by molar-refractivity contribution is 7.25. The maximum Gasteiger partial charge on any atom is 0.160 e. The fourth-order valence-corrected chi connectivity index (χ4v) is 10.9. The summed E-state index contributed by atoms with van der Waals surface area (Å²) in [5.41, 5.74) is 18.1. The molecule has 1 atom stereocenters. The molecule has 1 aliphatic carbocycles. The molecule has 63 heavy (non-hydrogen) atoms. The Kier molecular flexibility index (Phi) is 8.84. The van der Waals surface area contributed by atoms with E-state index < -0.39 is 0 Å². The van der Waals surface area contributed by atoms with Crippen molar-refractivity contribution in [3.63, 3.8) is 0 Å². The fraction of sp³-hybridized carbons (Fsp3) is 0.0333. The van der Waals surface area contributed by atoms with Crippen molar-refractivity contribution in [2.75, 3.05) is 0 Å². The van der Waals surface area contributed by atoms with Gasteiger partial charge in [0.25, 0.3) is 0 Å². The van der Waals surface area contributed by atoms with Crippen molar-refractivity contribution in [2.45, 2.75) is 12.3 Å². The van der Waals surface area contributed by atoms with Crippen LogP contribution in [0, 0.1) is 0 Å². The summed E-state index contributed by atoms with van der Waals surface area (Å²) in [6.45, 7) is 2.39. The molecule has 0 spiro atoms. The average Bonchev–Trinajstić information content (AvgIpc) is 3.87. The average molecular weight is 821 g/mol. The molecule has 296 valence electrons. The Morgan fingerprint density at radius 2 is 0.889 bits per heavy atom. The number of nitrogens with zero attached hydrogens (tertiary/aromatic N) is 2. The van der Waals surface area contributed by atoms with E-state index in [1.165, 1.54) is 70.2 Å². The van der Waals surface area contributed by atoms with Crippen LogP contribution in [0.25, 0.3) is 98.6 Å². The largest absolute Gasteiger partial charge is 0.228 e. The smallest absolute Gasteiger partial charge is 0.160 e. The third-order valence-corrected chi connectivity index (χ3v) is 14.1. The minimum Gasteiger partial charge on any atom is -0.228 e. The van der Waals surface area contributed by atoms with Crippen LogP contribution in [0.2, 0.25) is 0 Å². The standard InChI is InChI=1S/C60H40N2S/c1-60(46-21-9-4-10-22-46)53-27-15-13-25-49(53)50-31-29-42(37-54(50)60)47-23-11-12-24-48(47)44-33-43(41-30-32-58-52(36-41)51-26-14-16-28-57(51)63-58)34-45(35-44)56-38-55(39-17-5-2-6-18-39)61-59(62-56)40-19-7-3-8-20-40/h2-38H,1H3. The molecule has 2 nitrogen and oxygen atoms in total. The van der Waals surface area contributed by atoms with E-state index in [4.69, 9.17) is 9.97 Å². The minimum absolute atomic E-state index is 0.296. The lowest BCUT2D eigenvalue weighted by molar-refractivity contribution is 0.714. The quantitative estimate of drug-likeness (QED) is 0.160. The molecule has 0 saturated heterocycles. The van der Waals surface area contributed by atoms with E-state index in [2.05, 4.69) is 207 Å². The Morgan fingerprint density at radius 1 is 0.333 bits per heavy atom. The first-order valence-corrected chi connectivity index (χ1v) is 22.4. The van der Waals surface area contributed by atoms with Gasteiger partial charge in [0, 0.05) is 42.3 Å². The highest BCUT2D eigenvalue weighted by Gasteiger charge is 2.40. The third kappa shape index (κ3) is 6.31. The van der Waals surface area contributed by atoms with Gasteiger partial charge in [0.1, 0.15) is 0 Å². The van der Waals surface area contributed by atoms with Crippen LogP contribution in [0.3, 0.4) is 0 Å². The number of thiophene rings is 1. The molecule has 1 unspecified atom stereocenters. The molecular weight excluding hydrogens is 781 g/mol. The molecule has 1 aliphatic rings. The SMILES string of the molecule is CC1(c2ccccc2)c2ccccc2-c2ccc(-c3ccccc3-c3cc(-c4ccc5sc6ccccc6c5c4)cc(-c4cc(-c5ccccc5)nc(-c5ccccc5)n4)c3)cc21. The van der Waals surface area contributed by atoms with E-state index in [0.29, 0.717) is 5.82 Å². The van der Waals surface area contributed by atoms with Crippen LogP contribution < -0.4 is 0 Å². The van der Waals surface area contributed by atoms with Gasteiger partial charge in [0.05, 0.1) is 11.4 Å². The Labute approximate surface area is 371 Å².